The molecule has 0 spiro atoms. The van der Waals surface area contributed by atoms with E-state index in [1.54, 1.807) is 0 Å². The van der Waals surface area contributed by atoms with E-state index >= 15 is 0 Å². The molecule has 5 nitrogen and oxygen atoms in total. The summed E-state index contributed by atoms with van der Waals surface area (Å²) in [4.78, 5) is 4.88. The summed E-state index contributed by atoms with van der Waals surface area (Å²) in [6.07, 6.45) is 11.2. The lowest BCUT2D eigenvalue weighted by Gasteiger charge is -2.33. The lowest BCUT2D eigenvalue weighted by atomic mass is 9.72. The summed E-state index contributed by atoms with van der Waals surface area (Å²) in [5, 5.41) is 7.73. The summed E-state index contributed by atoms with van der Waals surface area (Å²) >= 11 is 0. The minimum absolute atomic E-state index is 0.327. The molecule has 0 saturated heterocycles. The zero-order chi connectivity index (χ0) is 37.4. The van der Waals surface area contributed by atoms with Crippen LogP contribution >= 0.6 is 0 Å². The summed E-state index contributed by atoms with van der Waals surface area (Å²) in [6.45, 7) is 20.7. The van der Waals surface area contributed by atoms with Crippen LogP contribution in [0.1, 0.15) is 121 Å². The Morgan fingerprint density at radius 3 is 2.40 bits per heavy atom. The molecule has 1 aliphatic rings. The SMILES string of the molecule is CCCCc1ccnc(-n2c3ccccc3c3ccc(Oc4cc(C(C)C)cc(-n5nc(C)c(C6C(C)=C[C@H](C)C[C@@H]6C)c5CCC(C)C)c4)cc32)c1. The van der Waals surface area contributed by atoms with Crippen LogP contribution in [0.4, 0.5) is 0 Å². The number of unbranched alkanes of at least 4 members (excludes halogenated alkanes) is 1. The van der Waals surface area contributed by atoms with Crippen LogP contribution in [-0.4, -0.2) is 19.3 Å². The number of fused-ring (bicyclic) bond motifs is 3. The number of hydrogen-bond donors (Lipinski definition) is 0. The van der Waals surface area contributed by atoms with Crippen LogP contribution in [0.2, 0.25) is 0 Å². The molecule has 5 heteroatoms. The van der Waals surface area contributed by atoms with Gasteiger partial charge in [0.2, 0.25) is 0 Å². The van der Waals surface area contributed by atoms with E-state index in [0.29, 0.717) is 29.6 Å². The van der Waals surface area contributed by atoms with Gasteiger partial charge in [-0.15, -0.1) is 0 Å². The molecular formula is C48H58N4O. The molecule has 53 heavy (non-hydrogen) atoms. The molecule has 0 amide bonds. The van der Waals surface area contributed by atoms with Crippen LogP contribution in [0.3, 0.4) is 0 Å². The van der Waals surface area contributed by atoms with Gasteiger partial charge in [-0.3, -0.25) is 4.57 Å². The molecule has 0 bridgehead atoms. The van der Waals surface area contributed by atoms with Crippen molar-refractivity contribution in [2.45, 2.75) is 113 Å². The fourth-order valence-electron chi connectivity index (χ4n) is 8.81. The van der Waals surface area contributed by atoms with E-state index in [1.807, 2.05) is 6.20 Å². The van der Waals surface area contributed by atoms with Gasteiger partial charge in [0.25, 0.3) is 0 Å². The summed E-state index contributed by atoms with van der Waals surface area (Å²) in [6, 6.07) is 26.2. The molecule has 0 radical (unpaired) electrons. The maximum Gasteiger partial charge on any atom is 0.137 e. The molecule has 0 N–H and O–H groups in total. The van der Waals surface area contributed by atoms with E-state index in [9.17, 15) is 0 Å². The molecule has 0 fully saturated rings. The van der Waals surface area contributed by atoms with Crippen LogP contribution in [-0.2, 0) is 12.8 Å². The van der Waals surface area contributed by atoms with Crippen LogP contribution in [0.5, 0.6) is 11.5 Å². The molecule has 276 valence electrons. The van der Waals surface area contributed by atoms with Crippen molar-refractivity contribution in [3.63, 3.8) is 0 Å². The van der Waals surface area contributed by atoms with Gasteiger partial charge in [-0.2, -0.15) is 5.10 Å². The highest BCUT2D eigenvalue weighted by Crippen LogP contribution is 2.44. The summed E-state index contributed by atoms with van der Waals surface area (Å²) in [5.74, 6) is 5.09. The Morgan fingerprint density at radius 2 is 1.64 bits per heavy atom. The van der Waals surface area contributed by atoms with Crippen molar-refractivity contribution in [1.29, 1.82) is 0 Å². The molecule has 3 aromatic heterocycles. The molecule has 6 aromatic rings. The largest absolute Gasteiger partial charge is 0.457 e. The Hall–Kier alpha value is -4.64. The molecule has 0 saturated carbocycles. The normalized spacial score (nSPS) is 17.7. The number of benzene rings is 3. The molecule has 3 heterocycles. The van der Waals surface area contributed by atoms with Crippen LogP contribution in [0, 0.1) is 24.7 Å². The highest BCUT2D eigenvalue weighted by molar-refractivity contribution is 6.09. The minimum Gasteiger partial charge on any atom is -0.457 e. The number of ether oxygens (including phenoxy) is 1. The van der Waals surface area contributed by atoms with Crippen molar-refractivity contribution in [2.24, 2.45) is 17.8 Å². The average molecular weight is 707 g/mol. The first kappa shape index (κ1) is 36.7. The number of rotatable bonds is 12. The van der Waals surface area contributed by atoms with Crippen molar-refractivity contribution in [1.82, 2.24) is 19.3 Å². The number of nitrogens with zero attached hydrogens (tertiary/aromatic N) is 4. The van der Waals surface area contributed by atoms with E-state index in [4.69, 9.17) is 14.8 Å². The van der Waals surface area contributed by atoms with Crippen molar-refractivity contribution >= 4 is 21.8 Å². The van der Waals surface area contributed by atoms with E-state index < -0.39 is 0 Å². The Bertz CT molecular complexity index is 2270. The monoisotopic (exact) mass is 706 g/mol. The topological polar surface area (TPSA) is 44.9 Å². The quantitative estimate of drug-likeness (QED) is 0.119. The molecule has 3 atom stereocenters. The zero-order valence-electron chi connectivity index (χ0n) is 33.4. The van der Waals surface area contributed by atoms with Crippen molar-refractivity contribution in [3.05, 3.63) is 119 Å². The van der Waals surface area contributed by atoms with Crippen LogP contribution in [0.15, 0.2) is 90.6 Å². The first-order chi connectivity index (χ1) is 25.5. The number of pyridine rings is 1. The van der Waals surface area contributed by atoms with Crippen molar-refractivity contribution in [2.75, 3.05) is 0 Å². The van der Waals surface area contributed by atoms with E-state index in [1.165, 1.54) is 58.0 Å². The number of aryl methyl sites for hydroxylation is 2. The maximum atomic E-state index is 6.86. The highest BCUT2D eigenvalue weighted by Gasteiger charge is 2.32. The Kier molecular flexibility index (Phi) is 10.7. The minimum atomic E-state index is 0.327. The van der Waals surface area contributed by atoms with Crippen LogP contribution < -0.4 is 4.74 Å². The lowest BCUT2D eigenvalue weighted by Crippen LogP contribution is -2.21. The summed E-state index contributed by atoms with van der Waals surface area (Å²) < 4.78 is 11.4. The zero-order valence-corrected chi connectivity index (χ0v) is 33.4. The number of aromatic nitrogens is 4. The lowest BCUT2D eigenvalue weighted by molar-refractivity contribution is 0.389. The van der Waals surface area contributed by atoms with E-state index in [-0.39, 0.29) is 0 Å². The fraction of sp³-hybridized carbons (Fsp3) is 0.417. The highest BCUT2D eigenvalue weighted by atomic mass is 16.5. The first-order valence-corrected chi connectivity index (χ1v) is 20.1. The molecule has 3 aromatic carbocycles. The van der Waals surface area contributed by atoms with Gasteiger partial charge in [0, 0.05) is 46.3 Å². The van der Waals surface area contributed by atoms with Gasteiger partial charge in [-0.05, 0) is 123 Å². The second-order valence-electron chi connectivity index (χ2n) is 16.5. The summed E-state index contributed by atoms with van der Waals surface area (Å²) in [7, 11) is 0. The molecule has 7 rings (SSSR count). The second kappa shape index (κ2) is 15.4. The molecule has 0 aliphatic heterocycles. The Morgan fingerprint density at radius 1 is 0.849 bits per heavy atom. The molecular weight excluding hydrogens is 649 g/mol. The Labute approximate surface area is 317 Å². The van der Waals surface area contributed by atoms with E-state index in [2.05, 4.69) is 150 Å². The molecule has 1 aliphatic carbocycles. The Balaban J connectivity index is 1.33. The van der Waals surface area contributed by atoms with Gasteiger partial charge in [0.05, 0.1) is 22.4 Å². The maximum absolute atomic E-state index is 6.86. The smallest absolute Gasteiger partial charge is 0.137 e. The summed E-state index contributed by atoms with van der Waals surface area (Å²) in [5.41, 5.74) is 11.3. The van der Waals surface area contributed by atoms with Crippen molar-refractivity contribution in [3.8, 4) is 23.0 Å². The van der Waals surface area contributed by atoms with Gasteiger partial charge in [0.15, 0.2) is 0 Å². The number of hydrogen-bond acceptors (Lipinski definition) is 3. The van der Waals surface area contributed by atoms with Crippen LogP contribution in [0.25, 0.3) is 33.3 Å². The second-order valence-corrected chi connectivity index (χ2v) is 16.5. The van der Waals surface area contributed by atoms with Gasteiger partial charge in [-0.25, -0.2) is 9.67 Å². The predicted octanol–water partition coefficient (Wildman–Crippen LogP) is 13.2. The van der Waals surface area contributed by atoms with Gasteiger partial charge in [0.1, 0.15) is 17.3 Å². The van der Waals surface area contributed by atoms with Crippen molar-refractivity contribution < 1.29 is 4.74 Å². The average Bonchev–Trinajstić information content (AvgIpc) is 3.63. The van der Waals surface area contributed by atoms with Gasteiger partial charge >= 0.3 is 0 Å². The van der Waals surface area contributed by atoms with E-state index in [0.717, 1.165) is 59.0 Å². The first-order valence-electron chi connectivity index (χ1n) is 20.1. The number of para-hydroxylation sites is 1. The number of allylic oxidation sites excluding steroid dienone is 2. The predicted molar refractivity (Wildman–Crippen MR) is 222 cm³/mol. The molecule has 1 unspecified atom stereocenters. The van der Waals surface area contributed by atoms with Gasteiger partial charge < -0.3 is 4.74 Å². The third-order valence-electron chi connectivity index (χ3n) is 11.4. The van der Waals surface area contributed by atoms with Gasteiger partial charge in [-0.1, -0.05) is 84.7 Å². The fourth-order valence-corrected chi connectivity index (χ4v) is 8.81. The standard InChI is InChI=1S/C48H58N4O/c1-10-11-14-36-21-22-49-46(25-36)51-43-16-13-12-15-41(43)42-19-18-39(29-45(42)51)53-40-27-37(31(4)5)26-38(28-40)52-44(20-17-30(2)3)48(35(9)50-52)47-33(7)23-32(6)24-34(47)8/h12-13,15-16,18-19,21-23,25-32,34,47H,10-11,14,17,20,24H2,1-9H3/t32-,34-,47?/m0/s1. The third-order valence-corrected chi connectivity index (χ3v) is 11.4. The third kappa shape index (κ3) is 7.45.